The number of unbranched alkanes of at least 4 members (excludes halogenated alkanes) is 33. The molecule has 11 nitrogen and oxygen atoms in total. The third kappa shape index (κ3) is 37.7. The maximum Gasteiger partial charge on any atom is 0.249 e. The minimum Gasteiger partial charge on any atom is -0.394 e. The Hall–Kier alpha value is -1.67. The predicted molar refractivity (Wildman–Crippen MR) is 293 cm³/mol. The molecule has 1 amide bonds. The van der Waals surface area contributed by atoms with Crippen LogP contribution in [0.3, 0.4) is 0 Å². The summed E-state index contributed by atoms with van der Waals surface area (Å²) in [4.78, 5) is 13.2. The molecule has 0 radical (unpaired) electrons. The molecule has 1 heterocycles. The normalized spacial score (nSPS) is 20.4. The molecule has 418 valence electrons. The third-order valence-corrected chi connectivity index (χ3v) is 14.4. The summed E-state index contributed by atoms with van der Waals surface area (Å²) < 4.78 is 11.1. The van der Waals surface area contributed by atoms with E-state index >= 15 is 0 Å². The molecule has 1 aliphatic rings. The monoisotopic (exact) mass is 1010 g/mol. The van der Waals surface area contributed by atoms with Crippen LogP contribution in [0.4, 0.5) is 0 Å². The van der Waals surface area contributed by atoms with E-state index in [0.29, 0.717) is 19.3 Å². The summed E-state index contributed by atoms with van der Waals surface area (Å²) in [6.45, 7) is 3.46. The maximum absolute atomic E-state index is 13.2. The van der Waals surface area contributed by atoms with E-state index in [1.165, 1.54) is 167 Å². The van der Waals surface area contributed by atoms with Gasteiger partial charge < -0.3 is 50.5 Å². The highest BCUT2D eigenvalue weighted by Gasteiger charge is 2.44. The largest absolute Gasteiger partial charge is 0.394 e. The first kappa shape index (κ1) is 67.3. The number of amides is 1. The Morgan fingerprint density at radius 3 is 1.25 bits per heavy atom. The van der Waals surface area contributed by atoms with E-state index in [4.69, 9.17) is 9.47 Å². The van der Waals surface area contributed by atoms with Gasteiger partial charge in [-0.05, 0) is 77.0 Å². The zero-order chi connectivity index (χ0) is 51.8. The van der Waals surface area contributed by atoms with Gasteiger partial charge in [-0.1, -0.05) is 230 Å². The fourth-order valence-corrected chi connectivity index (χ4v) is 9.51. The van der Waals surface area contributed by atoms with Gasteiger partial charge in [0, 0.05) is 0 Å². The van der Waals surface area contributed by atoms with E-state index in [0.717, 1.165) is 57.8 Å². The minimum absolute atomic E-state index is 0.244. The number of allylic oxidation sites excluding steroid dienone is 6. The van der Waals surface area contributed by atoms with Gasteiger partial charge in [0.05, 0.1) is 25.4 Å². The number of nitrogens with one attached hydrogen (secondary N) is 1. The van der Waals surface area contributed by atoms with E-state index < -0.39 is 74.2 Å². The van der Waals surface area contributed by atoms with E-state index in [2.05, 4.69) is 55.6 Å². The van der Waals surface area contributed by atoms with Crippen molar-refractivity contribution >= 4 is 5.91 Å². The second kappa shape index (κ2) is 49.2. The number of aliphatic hydroxyl groups excluding tert-OH is 7. The Bertz CT molecular complexity index is 1250. The third-order valence-electron chi connectivity index (χ3n) is 14.4. The number of carbonyl (C=O) groups excluding carboxylic acids is 1. The Morgan fingerprint density at radius 2 is 0.845 bits per heavy atom. The van der Waals surface area contributed by atoms with Crippen LogP contribution in [0, 0.1) is 0 Å². The lowest BCUT2D eigenvalue weighted by atomic mass is 9.98. The van der Waals surface area contributed by atoms with Crippen molar-refractivity contribution in [1.29, 1.82) is 0 Å². The van der Waals surface area contributed by atoms with Gasteiger partial charge in [-0.2, -0.15) is 0 Å². The van der Waals surface area contributed by atoms with Crippen molar-refractivity contribution in [3.63, 3.8) is 0 Å². The topological polar surface area (TPSA) is 189 Å². The number of rotatable bonds is 51. The lowest BCUT2D eigenvalue weighted by molar-refractivity contribution is -0.303. The molecule has 8 N–H and O–H groups in total. The summed E-state index contributed by atoms with van der Waals surface area (Å²) in [6.07, 6.45) is 49.2. The van der Waals surface area contributed by atoms with Crippen LogP contribution < -0.4 is 5.32 Å². The zero-order valence-electron chi connectivity index (χ0n) is 45.7. The molecular formula is C60H113NO10. The average Bonchev–Trinajstić information content (AvgIpc) is 3.37. The molecule has 71 heavy (non-hydrogen) atoms. The van der Waals surface area contributed by atoms with Gasteiger partial charge in [0.1, 0.15) is 36.6 Å². The standard InChI is InChI=1S/C60H113NO10/c1-3-5-7-9-11-13-15-17-19-21-23-25-26-27-28-30-31-33-35-37-39-41-43-45-47-52(63)55(65)51(50-70-60-58(68)57(67)56(66)54(49-62)71-60)61-59(69)53(64)48-46-44-42-40-38-36-34-32-29-24-22-20-18-16-14-12-10-8-6-4-2/h29,31-33,39,41,51-58,60,62-68H,3-28,30,34-38,40,42-50H2,1-2H3,(H,61,69)/b32-29-,33-31+,41-39+. The molecular weight excluding hydrogens is 895 g/mol. The fraction of sp³-hybridized carbons (Fsp3) is 0.883. The molecule has 1 aliphatic heterocycles. The molecule has 0 aliphatic carbocycles. The molecule has 11 heteroatoms. The second-order valence-electron chi connectivity index (χ2n) is 21.0. The van der Waals surface area contributed by atoms with Crippen LogP contribution in [-0.2, 0) is 14.3 Å². The minimum atomic E-state index is -1.67. The molecule has 0 aromatic heterocycles. The van der Waals surface area contributed by atoms with Gasteiger partial charge >= 0.3 is 0 Å². The van der Waals surface area contributed by atoms with Crippen LogP contribution in [0.25, 0.3) is 0 Å². The van der Waals surface area contributed by atoms with Crippen LogP contribution in [0.2, 0.25) is 0 Å². The van der Waals surface area contributed by atoms with Crippen LogP contribution in [0.1, 0.15) is 271 Å². The van der Waals surface area contributed by atoms with Gasteiger partial charge in [0.2, 0.25) is 5.91 Å². The molecule has 9 unspecified atom stereocenters. The number of hydrogen-bond acceptors (Lipinski definition) is 10. The van der Waals surface area contributed by atoms with E-state index in [-0.39, 0.29) is 12.8 Å². The first-order valence-corrected chi connectivity index (χ1v) is 29.9. The van der Waals surface area contributed by atoms with Crippen molar-refractivity contribution in [3.8, 4) is 0 Å². The highest BCUT2D eigenvalue weighted by molar-refractivity contribution is 5.80. The molecule has 1 rings (SSSR count). The smallest absolute Gasteiger partial charge is 0.249 e. The lowest BCUT2D eigenvalue weighted by Gasteiger charge is -2.40. The quantitative estimate of drug-likeness (QED) is 0.0215. The summed E-state index contributed by atoms with van der Waals surface area (Å²) in [5.74, 6) is -0.713. The van der Waals surface area contributed by atoms with E-state index in [9.17, 15) is 40.5 Å². The molecule has 0 aromatic rings. The van der Waals surface area contributed by atoms with Crippen LogP contribution in [-0.4, -0.2) is 110 Å². The van der Waals surface area contributed by atoms with Crippen molar-refractivity contribution in [2.75, 3.05) is 13.2 Å². The zero-order valence-corrected chi connectivity index (χ0v) is 45.7. The summed E-state index contributed by atoms with van der Waals surface area (Å²) in [5.41, 5.74) is 0. The van der Waals surface area contributed by atoms with Crippen molar-refractivity contribution in [2.45, 2.75) is 326 Å². The number of carbonyl (C=O) groups is 1. The molecule has 1 saturated heterocycles. The first-order valence-electron chi connectivity index (χ1n) is 29.9. The van der Waals surface area contributed by atoms with E-state index in [1.54, 1.807) is 0 Å². The SMILES string of the molecule is CCCCCCCCCCCC/C=C\CCCCCCCCC(O)C(=O)NC(COC1OC(CO)C(O)C(O)C1O)C(O)C(O)CCC/C=C/CC/C=C/CCCCCCCCCCCCCCCCC. The summed E-state index contributed by atoms with van der Waals surface area (Å²) in [7, 11) is 0. The van der Waals surface area contributed by atoms with Gasteiger partial charge in [0.15, 0.2) is 6.29 Å². The summed E-state index contributed by atoms with van der Waals surface area (Å²) in [5, 5.41) is 76.1. The highest BCUT2D eigenvalue weighted by Crippen LogP contribution is 2.23. The van der Waals surface area contributed by atoms with Crippen molar-refractivity contribution < 1.29 is 50.0 Å². The Labute approximate surface area is 435 Å². The Balaban J connectivity index is 2.34. The van der Waals surface area contributed by atoms with Gasteiger partial charge in [-0.3, -0.25) is 4.79 Å². The maximum atomic E-state index is 13.2. The van der Waals surface area contributed by atoms with Crippen molar-refractivity contribution in [3.05, 3.63) is 36.5 Å². The van der Waals surface area contributed by atoms with Gasteiger partial charge in [-0.15, -0.1) is 0 Å². The molecule has 0 bridgehead atoms. The number of ether oxygens (including phenoxy) is 2. The van der Waals surface area contributed by atoms with Crippen LogP contribution >= 0.6 is 0 Å². The average molecular weight is 1010 g/mol. The highest BCUT2D eigenvalue weighted by atomic mass is 16.7. The van der Waals surface area contributed by atoms with E-state index in [1.807, 2.05) is 0 Å². The lowest BCUT2D eigenvalue weighted by Crippen LogP contribution is -2.60. The second-order valence-corrected chi connectivity index (χ2v) is 21.0. The molecule has 1 fully saturated rings. The summed E-state index contributed by atoms with van der Waals surface area (Å²) >= 11 is 0. The fourth-order valence-electron chi connectivity index (χ4n) is 9.51. The Morgan fingerprint density at radius 1 is 0.479 bits per heavy atom. The molecule has 9 atom stereocenters. The summed E-state index contributed by atoms with van der Waals surface area (Å²) in [6, 6.07) is -1.19. The predicted octanol–water partition coefficient (Wildman–Crippen LogP) is 12.7. The van der Waals surface area contributed by atoms with Crippen LogP contribution in [0.5, 0.6) is 0 Å². The molecule has 0 saturated carbocycles. The van der Waals surface area contributed by atoms with Gasteiger partial charge in [0.25, 0.3) is 0 Å². The molecule has 0 spiro atoms. The van der Waals surface area contributed by atoms with Crippen molar-refractivity contribution in [2.24, 2.45) is 0 Å². The Kier molecular flexibility index (Phi) is 46.7. The van der Waals surface area contributed by atoms with Crippen LogP contribution in [0.15, 0.2) is 36.5 Å². The number of hydrogen-bond donors (Lipinski definition) is 8. The number of aliphatic hydroxyl groups is 7. The van der Waals surface area contributed by atoms with Crippen molar-refractivity contribution in [1.82, 2.24) is 5.32 Å². The molecule has 0 aromatic carbocycles. The first-order chi connectivity index (χ1) is 34.7. The van der Waals surface area contributed by atoms with Gasteiger partial charge in [-0.25, -0.2) is 0 Å².